The molecular formula is C18H16F2N2O3. The van der Waals surface area contributed by atoms with Crippen LogP contribution in [0.2, 0.25) is 0 Å². The Balaban J connectivity index is 2.10. The molecule has 1 atom stereocenters. The lowest BCUT2D eigenvalue weighted by molar-refractivity contribution is -0.131. The number of carbonyl (C=O) groups is 1. The number of hydrogen-bond acceptors (Lipinski definition) is 4. The molecule has 0 aliphatic carbocycles. The first-order chi connectivity index (χ1) is 12.0. The topological polar surface area (TPSA) is 71.3 Å². The lowest BCUT2D eigenvalue weighted by Crippen LogP contribution is -2.30. The van der Waals surface area contributed by atoms with Crippen molar-refractivity contribution in [3.05, 3.63) is 64.7 Å². The standard InChI is InChI=1S/C18H16F2N2O3/c1-24-13-5-6-14(16(20)8-13)17(25-2)18(23)22-10-11-3-4-12(9-21)15(19)7-11/h3-8,17H,10H2,1-2H3,(H,22,23). The number of nitrogens with zero attached hydrogens (tertiary/aromatic N) is 1. The van der Waals surface area contributed by atoms with Crippen molar-refractivity contribution in [3.8, 4) is 11.8 Å². The summed E-state index contributed by atoms with van der Waals surface area (Å²) < 4.78 is 37.7. The minimum absolute atomic E-state index is 0.0130. The predicted molar refractivity (Wildman–Crippen MR) is 85.7 cm³/mol. The number of benzene rings is 2. The number of nitriles is 1. The van der Waals surface area contributed by atoms with Gasteiger partial charge in [-0.2, -0.15) is 5.26 Å². The summed E-state index contributed by atoms with van der Waals surface area (Å²) in [7, 11) is 2.70. The second kappa shape index (κ2) is 8.22. The first-order valence-electron chi connectivity index (χ1n) is 7.32. The molecule has 0 saturated carbocycles. The SMILES string of the molecule is COc1ccc(C(OC)C(=O)NCc2ccc(C#N)c(F)c2)c(F)c1. The zero-order valence-electron chi connectivity index (χ0n) is 13.7. The van der Waals surface area contributed by atoms with Crippen molar-refractivity contribution in [2.45, 2.75) is 12.6 Å². The predicted octanol–water partition coefficient (Wildman–Crippen LogP) is 2.85. The normalized spacial score (nSPS) is 11.5. The van der Waals surface area contributed by atoms with Crippen LogP contribution in [0.15, 0.2) is 36.4 Å². The van der Waals surface area contributed by atoms with Crippen molar-refractivity contribution < 1.29 is 23.0 Å². The second-order valence-corrected chi connectivity index (χ2v) is 5.15. The van der Waals surface area contributed by atoms with E-state index >= 15 is 0 Å². The van der Waals surface area contributed by atoms with E-state index in [-0.39, 0.29) is 17.7 Å². The fraction of sp³-hybridized carbons (Fsp3) is 0.222. The van der Waals surface area contributed by atoms with Gasteiger partial charge in [0, 0.05) is 25.3 Å². The number of rotatable bonds is 6. The molecule has 2 aromatic rings. The minimum atomic E-state index is -1.16. The third-order valence-electron chi connectivity index (χ3n) is 3.58. The fourth-order valence-corrected chi connectivity index (χ4v) is 2.26. The molecule has 0 saturated heterocycles. The third-order valence-corrected chi connectivity index (χ3v) is 3.58. The largest absolute Gasteiger partial charge is 0.497 e. The fourth-order valence-electron chi connectivity index (χ4n) is 2.26. The molecule has 130 valence electrons. The number of halogens is 2. The lowest BCUT2D eigenvalue weighted by Gasteiger charge is -2.17. The molecule has 0 radical (unpaired) electrons. The summed E-state index contributed by atoms with van der Waals surface area (Å²) in [5.41, 5.74) is 0.451. The van der Waals surface area contributed by atoms with Gasteiger partial charge in [-0.05, 0) is 29.8 Å². The summed E-state index contributed by atoms with van der Waals surface area (Å²) in [4.78, 5) is 12.3. The summed E-state index contributed by atoms with van der Waals surface area (Å²) in [5.74, 6) is -1.55. The van der Waals surface area contributed by atoms with Crippen LogP contribution in [0.25, 0.3) is 0 Å². The summed E-state index contributed by atoms with van der Waals surface area (Å²) in [5, 5.41) is 11.3. The van der Waals surface area contributed by atoms with Crippen LogP contribution in [0.1, 0.15) is 22.8 Å². The van der Waals surface area contributed by atoms with Crippen molar-refractivity contribution in [1.82, 2.24) is 5.32 Å². The average molecular weight is 346 g/mol. The van der Waals surface area contributed by atoms with E-state index in [0.717, 1.165) is 12.1 Å². The zero-order valence-corrected chi connectivity index (χ0v) is 13.7. The minimum Gasteiger partial charge on any atom is -0.497 e. The molecule has 0 aliphatic rings. The van der Waals surface area contributed by atoms with Crippen molar-refractivity contribution in [3.63, 3.8) is 0 Å². The quantitative estimate of drug-likeness (QED) is 0.873. The Morgan fingerprint density at radius 3 is 2.52 bits per heavy atom. The number of methoxy groups -OCH3 is 2. The van der Waals surface area contributed by atoms with E-state index in [1.54, 1.807) is 6.07 Å². The molecule has 7 heteroatoms. The van der Waals surface area contributed by atoms with Crippen LogP contribution in [0.3, 0.4) is 0 Å². The van der Waals surface area contributed by atoms with Crippen molar-refractivity contribution in [1.29, 1.82) is 5.26 Å². The molecule has 0 aliphatic heterocycles. The van der Waals surface area contributed by atoms with E-state index < -0.39 is 23.6 Å². The summed E-state index contributed by atoms with van der Waals surface area (Å²) in [6.45, 7) is 0.0130. The van der Waals surface area contributed by atoms with Crippen LogP contribution < -0.4 is 10.1 Å². The number of carbonyl (C=O) groups excluding carboxylic acids is 1. The van der Waals surface area contributed by atoms with Crippen molar-refractivity contribution in [2.24, 2.45) is 0 Å². The Bertz CT molecular complexity index is 818. The van der Waals surface area contributed by atoms with Crippen molar-refractivity contribution in [2.75, 3.05) is 14.2 Å². The molecule has 1 N–H and O–H groups in total. The number of nitrogens with one attached hydrogen (secondary N) is 1. The van der Waals surface area contributed by atoms with E-state index in [0.29, 0.717) is 11.3 Å². The Labute approximate surface area is 143 Å². The number of hydrogen-bond donors (Lipinski definition) is 1. The smallest absolute Gasteiger partial charge is 0.254 e. The molecule has 2 rings (SSSR count). The Morgan fingerprint density at radius 1 is 1.20 bits per heavy atom. The Morgan fingerprint density at radius 2 is 1.96 bits per heavy atom. The van der Waals surface area contributed by atoms with Gasteiger partial charge in [0.25, 0.3) is 5.91 Å². The van der Waals surface area contributed by atoms with Gasteiger partial charge in [-0.15, -0.1) is 0 Å². The maximum Gasteiger partial charge on any atom is 0.254 e. The van der Waals surface area contributed by atoms with Crippen LogP contribution in [0, 0.1) is 23.0 Å². The molecule has 0 fully saturated rings. The molecular weight excluding hydrogens is 330 g/mol. The maximum atomic E-state index is 14.1. The monoisotopic (exact) mass is 346 g/mol. The molecule has 2 aromatic carbocycles. The lowest BCUT2D eigenvalue weighted by atomic mass is 10.1. The van der Waals surface area contributed by atoms with Gasteiger partial charge in [0.05, 0.1) is 12.7 Å². The van der Waals surface area contributed by atoms with E-state index in [2.05, 4.69) is 5.32 Å². The van der Waals surface area contributed by atoms with Gasteiger partial charge in [0.1, 0.15) is 23.5 Å². The van der Waals surface area contributed by atoms with Crippen LogP contribution in [-0.2, 0) is 16.1 Å². The first-order valence-corrected chi connectivity index (χ1v) is 7.32. The highest BCUT2D eigenvalue weighted by Crippen LogP contribution is 2.24. The van der Waals surface area contributed by atoms with E-state index in [9.17, 15) is 13.6 Å². The van der Waals surface area contributed by atoms with Gasteiger partial charge >= 0.3 is 0 Å². The molecule has 0 spiro atoms. The van der Waals surface area contributed by atoms with Gasteiger partial charge in [-0.25, -0.2) is 8.78 Å². The number of ether oxygens (including phenoxy) is 2. The van der Waals surface area contributed by atoms with E-state index in [1.165, 1.54) is 38.5 Å². The highest BCUT2D eigenvalue weighted by atomic mass is 19.1. The number of amides is 1. The first kappa shape index (κ1) is 18.4. The highest BCUT2D eigenvalue weighted by molar-refractivity contribution is 5.82. The molecule has 0 bridgehead atoms. The summed E-state index contributed by atoms with van der Waals surface area (Å²) >= 11 is 0. The van der Waals surface area contributed by atoms with Gasteiger partial charge in [0.15, 0.2) is 6.10 Å². The van der Waals surface area contributed by atoms with E-state index in [1.807, 2.05) is 0 Å². The van der Waals surface area contributed by atoms with Crippen LogP contribution in [0.4, 0.5) is 8.78 Å². The molecule has 1 amide bonds. The van der Waals surface area contributed by atoms with Gasteiger partial charge < -0.3 is 14.8 Å². The average Bonchev–Trinajstić information content (AvgIpc) is 2.61. The highest BCUT2D eigenvalue weighted by Gasteiger charge is 2.23. The summed E-state index contributed by atoms with van der Waals surface area (Å²) in [6, 6.07) is 9.82. The van der Waals surface area contributed by atoms with Gasteiger partial charge in [0.2, 0.25) is 0 Å². The summed E-state index contributed by atoms with van der Waals surface area (Å²) in [6.07, 6.45) is -1.16. The second-order valence-electron chi connectivity index (χ2n) is 5.15. The molecule has 0 aromatic heterocycles. The Kier molecular flexibility index (Phi) is 6.03. The van der Waals surface area contributed by atoms with Crippen LogP contribution in [0.5, 0.6) is 5.75 Å². The molecule has 0 heterocycles. The zero-order chi connectivity index (χ0) is 18.4. The van der Waals surface area contributed by atoms with Crippen LogP contribution >= 0.6 is 0 Å². The van der Waals surface area contributed by atoms with Gasteiger partial charge in [-0.1, -0.05) is 6.07 Å². The van der Waals surface area contributed by atoms with Crippen LogP contribution in [-0.4, -0.2) is 20.1 Å². The molecule has 1 unspecified atom stereocenters. The molecule has 25 heavy (non-hydrogen) atoms. The Hall–Kier alpha value is -2.98. The van der Waals surface area contributed by atoms with Gasteiger partial charge in [-0.3, -0.25) is 4.79 Å². The van der Waals surface area contributed by atoms with E-state index in [4.69, 9.17) is 14.7 Å². The maximum absolute atomic E-state index is 14.1. The third kappa shape index (κ3) is 4.31. The van der Waals surface area contributed by atoms with Crippen molar-refractivity contribution >= 4 is 5.91 Å². The molecule has 5 nitrogen and oxygen atoms in total.